The van der Waals surface area contributed by atoms with E-state index >= 15 is 0 Å². The molecule has 2 aromatic rings. The maximum Gasteiger partial charge on any atom is 0.0574 e. The molecule has 2 nitrogen and oxygen atoms in total. The summed E-state index contributed by atoms with van der Waals surface area (Å²) in [5.74, 6) is 0. The number of hydrogen-bond donors (Lipinski definition) is 0. The second kappa shape index (κ2) is 7.45. The first kappa shape index (κ1) is 16.5. The summed E-state index contributed by atoms with van der Waals surface area (Å²) in [6.45, 7) is 2.87. The van der Waals surface area contributed by atoms with Gasteiger partial charge in [-0.05, 0) is 53.8 Å². The maximum atomic E-state index is 4.46. The van der Waals surface area contributed by atoms with Crippen LogP contribution in [0.4, 0.5) is 5.69 Å². The summed E-state index contributed by atoms with van der Waals surface area (Å²) in [6.07, 6.45) is 8.54. The van der Waals surface area contributed by atoms with E-state index in [4.69, 9.17) is 0 Å². The van der Waals surface area contributed by atoms with Crippen molar-refractivity contribution in [2.75, 3.05) is 25.5 Å². The largest absolute Gasteiger partial charge is 0.378 e. The summed E-state index contributed by atoms with van der Waals surface area (Å²) in [5, 5.41) is 2.13. The van der Waals surface area contributed by atoms with Crippen LogP contribution in [0.25, 0.3) is 5.57 Å². The van der Waals surface area contributed by atoms with Gasteiger partial charge >= 0.3 is 0 Å². The lowest BCUT2D eigenvalue weighted by Crippen LogP contribution is -2.08. The van der Waals surface area contributed by atoms with Gasteiger partial charge in [-0.25, -0.2) is 0 Å². The first-order chi connectivity index (χ1) is 11.7. The molecule has 0 amide bonds. The summed E-state index contributed by atoms with van der Waals surface area (Å²) in [4.78, 5) is 7.87. The van der Waals surface area contributed by atoms with Crippen molar-refractivity contribution in [3.63, 3.8) is 0 Å². The van der Waals surface area contributed by atoms with Crippen molar-refractivity contribution in [2.45, 2.75) is 6.92 Å². The lowest BCUT2D eigenvalue weighted by molar-refractivity contribution is 1.13. The second-order valence-electron chi connectivity index (χ2n) is 5.81. The first-order valence-electron chi connectivity index (χ1n) is 8.15. The molecule has 0 saturated heterocycles. The zero-order valence-corrected chi connectivity index (χ0v) is 15.2. The van der Waals surface area contributed by atoms with Crippen LogP contribution >= 0.6 is 11.3 Å². The summed E-state index contributed by atoms with van der Waals surface area (Å²) in [7, 11) is 4.13. The second-order valence-corrected chi connectivity index (χ2v) is 6.76. The highest BCUT2D eigenvalue weighted by molar-refractivity contribution is 7.11. The van der Waals surface area contributed by atoms with Crippen molar-refractivity contribution in [3.05, 3.63) is 82.1 Å². The molecule has 24 heavy (non-hydrogen) atoms. The smallest absolute Gasteiger partial charge is 0.0574 e. The minimum absolute atomic E-state index is 0.812. The molecule has 1 aliphatic rings. The lowest BCUT2D eigenvalue weighted by atomic mass is 9.95. The van der Waals surface area contributed by atoms with E-state index in [-0.39, 0.29) is 0 Å². The van der Waals surface area contributed by atoms with Crippen molar-refractivity contribution in [3.8, 4) is 0 Å². The van der Waals surface area contributed by atoms with Crippen LogP contribution in [-0.4, -0.2) is 26.4 Å². The minimum atomic E-state index is 0.812. The van der Waals surface area contributed by atoms with Crippen molar-refractivity contribution < 1.29 is 0 Å². The number of thiophene rings is 1. The molecule has 0 spiro atoms. The summed E-state index contributed by atoms with van der Waals surface area (Å²) < 4.78 is 0. The van der Waals surface area contributed by atoms with Crippen LogP contribution < -0.4 is 4.90 Å². The Bertz CT molecular complexity index is 786. The van der Waals surface area contributed by atoms with Crippen molar-refractivity contribution in [1.29, 1.82) is 0 Å². The third-order valence-electron chi connectivity index (χ3n) is 3.94. The van der Waals surface area contributed by atoms with Gasteiger partial charge in [0.2, 0.25) is 0 Å². The molecule has 1 heterocycles. The van der Waals surface area contributed by atoms with E-state index in [2.05, 4.69) is 97.0 Å². The molecular weight excluding hydrogens is 312 g/mol. The zero-order chi connectivity index (χ0) is 16.9. The summed E-state index contributed by atoms with van der Waals surface area (Å²) in [6, 6.07) is 13.0. The Kier molecular flexibility index (Phi) is 5.11. The van der Waals surface area contributed by atoms with E-state index in [1.807, 2.05) is 0 Å². The normalized spacial score (nSPS) is 13.3. The molecule has 1 aromatic carbocycles. The number of benzene rings is 1. The molecule has 0 atom stereocenters. The highest BCUT2D eigenvalue weighted by Gasteiger charge is 2.12. The Morgan fingerprint density at radius 1 is 1.00 bits per heavy atom. The number of aliphatic imine (C=N–C) groups is 1. The van der Waals surface area contributed by atoms with Gasteiger partial charge in [0.15, 0.2) is 0 Å². The van der Waals surface area contributed by atoms with Crippen molar-refractivity contribution in [1.82, 2.24) is 0 Å². The molecule has 0 fully saturated rings. The van der Waals surface area contributed by atoms with E-state index in [9.17, 15) is 0 Å². The fourth-order valence-electron chi connectivity index (χ4n) is 2.71. The van der Waals surface area contributed by atoms with Gasteiger partial charge in [0.1, 0.15) is 0 Å². The first-order valence-corrected chi connectivity index (χ1v) is 9.03. The molecular formula is C21H22N2S. The molecule has 122 valence electrons. The Morgan fingerprint density at radius 2 is 1.71 bits per heavy atom. The molecule has 0 radical (unpaired) electrons. The molecule has 0 unspecified atom stereocenters. The van der Waals surface area contributed by atoms with Crippen molar-refractivity contribution in [2.24, 2.45) is 4.99 Å². The standard InChI is InChI=1S/C21H22N2S/c1-4-22-18-11-7-16(8-12-18)21(20-6-5-15-24-20)17-9-13-19(14-10-17)23(2)3/h5-15H,4H2,1-3H3. The van der Waals surface area contributed by atoms with Crippen LogP contribution in [0.15, 0.2) is 76.6 Å². The SMILES string of the molecule is CCN=C1C=CC(=C(c2ccc(N(C)C)cc2)c2cccs2)C=C1. The lowest BCUT2D eigenvalue weighted by Gasteiger charge is -2.15. The molecule has 1 aliphatic carbocycles. The van der Waals surface area contributed by atoms with Crippen molar-refractivity contribution >= 4 is 28.3 Å². The van der Waals surface area contributed by atoms with Crippen LogP contribution in [0.1, 0.15) is 17.4 Å². The van der Waals surface area contributed by atoms with Gasteiger partial charge in [-0.3, -0.25) is 4.99 Å². The number of nitrogens with zero attached hydrogens (tertiary/aromatic N) is 2. The molecule has 1 aromatic heterocycles. The molecule has 0 saturated carbocycles. The van der Waals surface area contributed by atoms with Crippen LogP contribution in [-0.2, 0) is 0 Å². The van der Waals surface area contributed by atoms with E-state index in [1.54, 1.807) is 11.3 Å². The summed E-state index contributed by atoms with van der Waals surface area (Å²) in [5.41, 5.74) is 5.99. The molecule has 0 aliphatic heterocycles. The average Bonchev–Trinajstić information content (AvgIpc) is 3.11. The van der Waals surface area contributed by atoms with Gasteiger partial charge in [0.25, 0.3) is 0 Å². The fraction of sp³-hybridized carbons (Fsp3) is 0.190. The van der Waals surface area contributed by atoms with Gasteiger partial charge in [-0.2, -0.15) is 0 Å². The minimum Gasteiger partial charge on any atom is -0.378 e. The number of rotatable bonds is 4. The molecule has 3 rings (SSSR count). The van der Waals surface area contributed by atoms with E-state index in [0.29, 0.717) is 0 Å². The summed E-state index contributed by atoms with van der Waals surface area (Å²) >= 11 is 1.77. The fourth-order valence-corrected chi connectivity index (χ4v) is 3.53. The van der Waals surface area contributed by atoms with E-state index in [1.165, 1.54) is 27.3 Å². The van der Waals surface area contributed by atoms with Crippen LogP contribution in [0, 0.1) is 0 Å². The highest BCUT2D eigenvalue weighted by Crippen LogP contribution is 2.33. The van der Waals surface area contributed by atoms with Gasteiger partial charge < -0.3 is 4.90 Å². The predicted molar refractivity (Wildman–Crippen MR) is 107 cm³/mol. The number of anilines is 1. The topological polar surface area (TPSA) is 15.6 Å². The maximum absolute atomic E-state index is 4.46. The third kappa shape index (κ3) is 3.57. The van der Waals surface area contributed by atoms with E-state index in [0.717, 1.165) is 12.3 Å². The average molecular weight is 334 g/mol. The van der Waals surface area contributed by atoms with Crippen LogP contribution in [0.3, 0.4) is 0 Å². The van der Waals surface area contributed by atoms with Gasteiger partial charge in [-0.15, -0.1) is 11.3 Å². The molecule has 3 heteroatoms. The van der Waals surface area contributed by atoms with Gasteiger partial charge in [0.05, 0.1) is 5.71 Å². The predicted octanol–water partition coefficient (Wildman–Crippen LogP) is 5.20. The quantitative estimate of drug-likeness (QED) is 0.750. The van der Waals surface area contributed by atoms with E-state index < -0.39 is 0 Å². The van der Waals surface area contributed by atoms with Crippen LogP contribution in [0.2, 0.25) is 0 Å². The van der Waals surface area contributed by atoms with Crippen LogP contribution in [0.5, 0.6) is 0 Å². The molecule has 0 N–H and O–H groups in total. The number of allylic oxidation sites excluding steroid dienone is 5. The number of hydrogen-bond acceptors (Lipinski definition) is 3. The Balaban J connectivity index is 2.06. The van der Waals surface area contributed by atoms with Gasteiger partial charge in [-0.1, -0.05) is 30.4 Å². The monoisotopic (exact) mass is 334 g/mol. The zero-order valence-electron chi connectivity index (χ0n) is 14.4. The Labute approximate surface area is 148 Å². The van der Waals surface area contributed by atoms with Gasteiger partial charge in [0, 0.05) is 36.8 Å². The third-order valence-corrected chi connectivity index (χ3v) is 4.82. The highest BCUT2D eigenvalue weighted by atomic mass is 32.1. The Morgan fingerprint density at radius 3 is 2.25 bits per heavy atom. The Hall–Kier alpha value is -2.39. The molecule has 0 bridgehead atoms.